The fraction of sp³-hybridized carbons (Fsp3) is 0.700. The van der Waals surface area contributed by atoms with Crippen LogP contribution in [0.4, 0.5) is 11.5 Å². The Morgan fingerprint density at radius 3 is 2.82 bits per heavy atom. The van der Waals surface area contributed by atoms with Crippen LogP contribution in [0.15, 0.2) is 0 Å². The van der Waals surface area contributed by atoms with Gasteiger partial charge in [0.05, 0.1) is 11.0 Å². The molecule has 0 atom stereocenters. The maximum atomic E-state index is 11.0. The quantitative estimate of drug-likeness (QED) is 0.589. The van der Waals surface area contributed by atoms with Crippen LogP contribution in [-0.2, 0) is 6.54 Å². The van der Waals surface area contributed by atoms with Gasteiger partial charge in [-0.15, -0.1) is 0 Å². The molecule has 0 saturated carbocycles. The number of anilines is 1. The molecule has 17 heavy (non-hydrogen) atoms. The van der Waals surface area contributed by atoms with E-state index in [4.69, 9.17) is 0 Å². The van der Waals surface area contributed by atoms with E-state index in [-0.39, 0.29) is 16.7 Å². The lowest BCUT2D eigenvalue weighted by atomic mass is 10.2. The Morgan fingerprint density at radius 2 is 2.35 bits per heavy atom. The number of nitrogens with one attached hydrogen (secondary N) is 2. The van der Waals surface area contributed by atoms with E-state index < -0.39 is 0 Å². The Balaban J connectivity index is 2.31. The summed E-state index contributed by atoms with van der Waals surface area (Å²) in [6, 6.07) is 0.264. The Bertz CT molecular complexity index is 425. The molecular formula is C10H17N5O2. The lowest BCUT2D eigenvalue weighted by Gasteiger charge is -2.28. The number of nitrogens with zero attached hydrogens (tertiary/aromatic N) is 3. The minimum Gasteiger partial charge on any atom is -0.359 e. The zero-order chi connectivity index (χ0) is 12.4. The van der Waals surface area contributed by atoms with E-state index in [1.54, 1.807) is 11.6 Å². The second-order valence-corrected chi connectivity index (χ2v) is 4.26. The summed E-state index contributed by atoms with van der Waals surface area (Å²) in [4.78, 5) is 10.7. The van der Waals surface area contributed by atoms with Crippen molar-refractivity contribution in [1.29, 1.82) is 0 Å². The van der Waals surface area contributed by atoms with Crippen LogP contribution >= 0.6 is 0 Å². The lowest BCUT2D eigenvalue weighted by molar-refractivity contribution is -0.384. The lowest BCUT2D eigenvalue weighted by Crippen LogP contribution is -2.51. The smallest absolute Gasteiger partial charge is 0.333 e. The average molecular weight is 239 g/mol. The van der Waals surface area contributed by atoms with Gasteiger partial charge in [-0.1, -0.05) is 6.92 Å². The van der Waals surface area contributed by atoms with E-state index >= 15 is 0 Å². The molecule has 2 N–H and O–H groups in total. The summed E-state index contributed by atoms with van der Waals surface area (Å²) in [5.74, 6) is 0.542. The molecule has 1 aliphatic heterocycles. The number of hydrogen-bond acceptors (Lipinski definition) is 5. The van der Waals surface area contributed by atoms with Crippen LogP contribution < -0.4 is 10.6 Å². The van der Waals surface area contributed by atoms with Gasteiger partial charge in [0.2, 0.25) is 5.82 Å². The third kappa shape index (κ3) is 2.23. The van der Waals surface area contributed by atoms with E-state index in [0.717, 1.165) is 19.5 Å². The Morgan fingerprint density at radius 1 is 1.65 bits per heavy atom. The maximum absolute atomic E-state index is 11.0. The average Bonchev–Trinajstić information content (AvgIpc) is 2.49. The first kappa shape index (κ1) is 11.8. The van der Waals surface area contributed by atoms with Crippen LogP contribution in [0.1, 0.15) is 19.0 Å². The van der Waals surface area contributed by atoms with E-state index in [1.165, 1.54) is 0 Å². The normalized spacial score (nSPS) is 15.6. The van der Waals surface area contributed by atoms with Crippen LogP contribution in [0.5, 0.6) is 0 Å². The summed E-state index contributed by atoms with van der Waals surface area (Å²) in [6.07, 6.45) is 0.899. The van der Waals surface area contributed by atoms with Gasteiger partial charge in [-0.25, -0.2) is 4.68 Å². The zero-order valence-electron chi connectivity index (χ0n) is 10.1. The number of rotatable bonds is 5. The van der Waals surface area contributed by atoms with Crippen molar-refractivity contribution in [3.63, 3.8) is 0 Å². The van der Waals surface area contributed by atoms with Crippen molar-refractivity contribution in [3.05, 3.63) is 15.8 Å². The van der Waals surface area contributed by atoms with Crippen molar-refractivity contribution in [2.75, 3.05) is 18.4 Å². The summed E-state index contributed by atoms with van der Waals surface area (Å²) in [7, 11) is 0. The molecule has 7 nitrogen and oxygen atoms in total. The van der Waals surface area contributed by atoms with E-state index in [1.807, 2.05) is 6.92 Å². The Kier molecular flexibility index (Phi) is 3.28. The monoisotopic (exact) mass is 239 g/mol. The predicted molar refractivity (Wildman–Crippen MR) is 64.2 cm³/mol. The van der Waals surface area contributed by atoms with Gasteiger partial charge < -0.3 is 10.6 Å². The van der Waals surface area contributed by atoms with Crippen LogP contribution in [0.25, 0.3) is 0 Å². The highest BCUT2D eigenvalue weighted by atomic mass is 16.6. The van der Waals surface area contributed by atoms with Crippen molar-refractivity contribution in [2.24, 2.45) is 0 Å². The summed E-state index contributed by atoms with van der Waals surface area (Å²) in [5, 5.41) is 21.6. The third-order valence-electron chi connectivity index (χ3n) is 2.84. The van der Waals surface area contributed by atoms with Crippen molar-refractivity contribution in [3.8, 4) is 0 Å². The van der Waals surface area contributed by atoms with Gasteiger partial charge in [0.15, 0.2) is 0 Å². The van der Waals surface area contributed by atoms with Gasteiger partial charge in [-0.05, 0) is 13.3 Å². The van der Waals surface area contributed by atoms with Gasteiger partial charge in [0.1, 0.15) is 5.69 Å². The first-order chi connectivity index (χ1) is 8.13. The largest absolute Gasteiger partial charge is 0.359 e. The molecule has 1 aromatic rings. The van der Waals surface area contributed by atoms with E-state index in [0.29, 0.717) is 18.1 Å². The molecule has 0 amide bonds. The van der Waals surface area contributed by atoms with Gasteiger partial charge in [0, 0.05) is 19.6 Å². The fourth-order valence-electron chi connectivity index (χ4n) is 1.89. The van der Waals surface area contributed by atoms with Gasteiger partial charge in [-0.2, -0.15) is 5.10 Å². The van der Waals surface area contributed by atoms with Crippen molar-refractivity contribution in [1.82, 2.24) is 15.1 Å². The predicted octanol–water partition coefficient (Wildman–Crippen LogP) is 0.893. The number of nitro groups is 1. The molecular weight excluding hydrogens is 222 g/mol. The molecule has 94 valence electrons. The molecule has 0 spiro atoms. The minimum absolute atomic E-state index is 0.102. The molecule has 1 saturated heterocycles. The molecule has 1 fully saturated rings. The van der Waals surface area contributed by atoms with Gasteiger partial charge in [0.25, 0.3) is 0 Å². The highest BCUT2D eigenvalue weighted by Crippen LogP contribution is 2.29. The number of aromatic nitrogens is 2. The maximum Gasteiger partial charge on any atom is 0.333 e. The van der Waals surface area contributed by atoms with Gasteiger partial charge in [-0.3, -0.25) is 10.1 Å². The molecule has 1 aliphatic rings. The highest BCUT2D eigenvalue weighted by Gasteiger charge is 2.28. The van der Waals surface area contributed by atoms with Crippen LogP contribution in [0, 0.1) is 17.0 Å². The second-order valence-electron chi connectivity index (χ2n) is 4.26. The molecule has 0 aliphatic carbocycles. The summed E-state index contributed by atoms with van der Waals surface area (Å²) < 4.78 is 1.70. The van der Waals surface area contributed by atoms with E-state index in [2.05, 4.69) is 15.7 Å². The Labute approximate surface area is 99.3 Å². The van der Waals surface area contributed by atoms with Crippen LogP contribution in [0.3, 0.4) is 0 Å². The standard InChI is InChI=1S/C10H17N5O2/c1-3-4-14-10(12-8-5-11-6-8)9(15(16)17)7(2)13-14/h8,11-12H,3-6H2,1-2H3. The molecule has 1 aromatic heterocycles. The van der Waals surface area contributed by atoms with Crippen LogP contribution in [-0.4, -0.2) is 33.8 Å². The molecule has 2 heterocycles. The van der Waals surface area contributed by atoms with E-state index in [9.17, 15) is 10.1 Å². The molecule has 0 bridgehead atoms. The van der Waals surface area contributed by atoms with Crippen molar-refractivity contribution >= 4 is 11.5 Å². The topological polar surface area (TPSA) is 85.0 Å². The second kappa shape index (κ2) is 4.70. The zero-order valence-corrected chi connectivity index (χ0v) is 10.1. The van der Waals surface area contributed by atoms with Crippen LogP contribution in [0.2, 0.25) is 0 Å². The molecule has 0 aromatic carbocycles. The molecule has 0 unspecified atom stereocenters. The van der Waals surface area contributed by atoms with Crippen molar-refractivity contribution in [2.45, 2.75) is 32.9 Å². The first-order valence-corrected chi connectivity index (χ1v) is 5.82. The third-order valence-corrected chi connectivity index (χ3v) is 2.84. The number of hydrogen-bond donors (Lipinski definition) is 2. The summed E-state index contributed by atoms with van der Waals surface area (Å²) in [5.41, 5.74) is 0.573. The minimum atomic E-state index is -0.358. The fourth-order valence-corrected chi connectivity index (χ4v) is 1.89. The summed E-state index contributed by atoms with van der Waals surface area (Å²) in [6.45, 7) is 6.07. The van der Waals surface area contributed by atoms with Gasteiger partial charge >= 0.3 is 5.69 Å². The first-order valence-electron chi connectivity index (χ1n) is 5.82. The molecule has 7 heteroatoms. The highest BCUT2D eigenvalue weighted by molar-refractivity contribution is 5.60. The Hall–Kier alpha value is -1.63. The molecule has 0 radical (unpaired) electrons. The number of aryl methyl sites for hydroxylation is 2. The van der Waals surface area contributed by atoms with Crippen molar-refractivity contribution < 1.29 is 4.92 Å². The SMILES string of the molecule is CCCn1nc(C)c([N+](=O)[O-])c1NC1CNC1. The molecule has 2 rings (SSSR count). The summed E-state index contributed by atoms with van der Waals surface area (Å²) >= 11 is 0.